The smallest absolute Gasteiger partial charge is 0.211 e. The molecule has 1 aliphatic carbocycles. The lowest BCUT2D eigenvalue weighted by Gasteiger charge is -2.25. The van der Waals surface area contributed by atoms with Gasteiger partial charge in [-0.05, 0) is 12.0 Å². The molecule has 1 fully saturated rings. The van der Waals surface area contributed by atoms with Gasteiger partial charge in [-0.25, -0.2) is 0 Å². The Hall–Kier alpha value is -2.04. The SMILES string of the molecule is O=C1CCCC(=O)C1C(C[N+](=O)[O-])c1ccccc1. The number of Topliss-reactive ketones (excluding diaryl/α,β-unsaturated/α-hetero) is 2. The van der Waals surface area contributed by atoms with Gasteiger partial charge in [-0.2, -0.15) is 0 Å². The van der Waals surface area contributed by atoms with Crippen LogP contribution in [-0.2, 0) is 9.59 Å². The molecule has 0 aromatic heterocycles. The maximum Gasteiger partial charge on any atom is 0.211 e. The van der Waals surface area contributed by atoms with Crippen LogP contribution in [0.1, 0.15) is 30.7 Å². The minimum Gasteiger partial charge on any atom is -0.299 e. The summed E-state index contributed by atoms with van der Waals surface area (Å²) < 4.78 is 0. The largest absolute Gasteiger partial charge is 0.299 e. The number of hydrogen-bond donors (Lipinski definition) is 0. The van der Waals surface area contributed by atoms with Gasteiger partial charge in [-0.15, -0.1) is 0 Å². The van der Waals surface area contributed by atoms with Crippen molar-refractivity contribution in [2.45, 2.75) is 25.2 Å². The Morgan fingerprint density at radius 3 is 2.26 bits per heavy atom. The fourth-order valence-corrected chi connectivity index (χ4v) is 2.64. The molecule has 5 heteroatoms. The number of benzene rings is 1. The van der Waals surface area contributed by atoms with Gasteiger partial charge < -0.3 is 0 Å². The van der Waals surface area contributed by atoms with E-state index < -0.39 is 16.8 Å². The summed E-state index contributed by atoms with van der Waals surface area (Å²) in [7, 11) is 0. The van der Waals surface area contributed by atoms with Gasteiger partial charge in [0.25, 0.3) is 0 Å². The molecule has 100 valence electrons. The van der Waals surface area contributed by atoms with Gasteiger partial charge in [0.15, 0.2) is 0 Å². The van der Waals surface area contributed by atoms with E-state index in [1.165, 1.54) is 0 Å². The Kier molecular flexibility index (Phi) is 4.04. The van der Waals surface area contributed by atoms with Crippen molar-refractivity contribution in [3.63, 3.8) is 0 Å². The highest BCUT2D eigenvalue weighted by atomic mass is 16.6. The fraction of sp³-hybridized carbons (Fsp3) is 0.429. The molecule has 1 aliphatic rings. The first-order chi connectivity index (χ1) is 9.09. The highest BCUT2D eigenvalue weighted by Crippen LogP contribution is 2.32. The lowest BCUT2D eigenvalue weighted by molar-refractivity contribution is -0.484. The molecule has 0 saturated heterocycles. The van der Waals surface area contributed by atoms with Crippen molar-refractivity contribution in [1.29, 1.82) is 0 Å². The zero-order chi connectivity index (χ0) is 13.8. The lowest BCUT2D eigenvalue weighted by Crippen LogP contribution is -2.36. The molecule has 5 nitrogen and oxygen atoms in total. The molecule has 0 aliphatic heterocycles. The predicted octanol–water partition coefficient (Wildman–Crippen LogP) is 1.99. The zero-order valence-electron chi connectivity index (χ0n) is 10.5. The Bertz CT molecular complexity index is 481. The second-order valence-electron chi connectivity index (χ2n) is 4.80. The van der Waals surface area contributed by atoms with Crippen LogP contribution in [0, 0.1) is 16.0 Å². The van der Waals surface area contributed by atoms with Gasteiger partial charge in [-0.3, -0.25) is 19.7 Å². The van der Waals surface area contributed by atoms with Crippen molar-refractivity contribution in [2.24, 2.45) is 5.92 Å². The first-order valence-electron chi connectivity index (χ1n) is 6.32. The molecule has 1 saturated carbocycles. The molecule has 0 amide bonds. The molecule has 1 aromatic rings. The Morgan fingerprint density at radius 2 is 1.74 bits per heavy atom. The molecule has 1 aromatic carbocycles. The average Bonchev–Trinajstić information content (AvgIpc) is 2.38. The third-order valence-corrected chi connectivity index (χ3v) is 3.52. The van der Waals surface area contributed by atoms with Crippen LogP contribution in [-0.4, -0.2) is 23.0 Å². The highest BCUT2D eigenvalue weighted by Gasteiger charge is 2.39. The molecule has 1 atom stereocenters. The number of carbonyl (C=O) groups is 2. The predicted molar refractivity (Wildman–Crippen MR) is 68.4 cm³/mol. The molecular weight excluding hydrogens is 246 g/mol. The van der Waals surface area contributed by atoms with Crippen LogP contribution in [0.25, 0.3) is 0 Å². The summed E-state index contributed by atoms with van der Waals surface area (Å²) in [6.07, 6.45) is 1.25. The van der Waals surface area contributed by atoms with Crippen molar-refractivity contribution < 1.29 is 14.5 Å². The summed E-state index contributed by atoms with van der Waals surface area (Å²) in [4.78, 5) is 34.3. The van der Waals surface area contributed by atoms with Crippen molar-refractivity contribution in [1.82, 2.24) is 0 Å². The minimum atomic E-state index is -0.846. The molecule has 2 rings (SSSR count). The second-order valence-corrected chi connectivity index (χ2v) is 4.80. The summed E-state index contributed by atoms with van der Waals surface area (Å²) >= 11 is 0. The van der Waals surface area contributed by atoms with E-state index in [0.29, 0.717) is 24.8 Å². The van der Waals surface area contributed by atoms with Crippen molar-refractivity contribution in [3.05, 3.63) is 46.0 Å². The van der Waals surface area contributed by atoms with Crippen LogP contribution in [0.2, 0.25) is 0 Å². The summed E-state index contributed by atoms with van der Waals surface area (Å²) in [5.41, 5.74) is 0.688. The van der Waals surface area contributed by atoms with E-state index in [0.717, 1.165) is 0 Å². The first-order valence-corrected chi connectivity index (χ1v) is 6.32. The summed E-state index contributed by atoms with van der Waals surface area (Å²) in [5, 5.41) is 10.8. The van der Waals surface area contributed by atoms with E-state index >= 15 is 0 Å². The topological polar surface area (TPSA) is 77.3 Å². The maximum atomic E-state index is 12.0. The molecule has 0 spiro atoms. The number of ketones is 2. The van der Waals surface area contributed by atoms with Gasteiger partial charge in [0, 0.05) is 17.8 Å². The van der Waals surface area contributed by atoms with Crippen molar-refractivity contribution >= 4 is 11.6 Å². The summed E-state index contributed by atoms with van der Waals surface area (Å²) in [5.74, 6) is -1.81. The number of nitro groups is 1. The van der Waals surface area contributed by atoms with Crippen LogP contribution < -0.4 is 0 Å². The zero-order valence-corrected chi connectivity index (χ0v) is 10.5. The van der Waals surface area contributed by atoms with Crippen LogP contribution >= 0.6 is 0 Å². The number of carbonyl (C=O) groups excluding carboxylic acids is 2. The second kappa shape index (κ2) is 5.73. The molecule has 0 N–H and O–H groups in total. The van der Waals surface area contributed by atoms with E-state index in [-0.39, 0.29) is 18.1 Å². The van der Waals surface area contributed by atoms with E-state index in [1.807, 2.05) is 0 Å². The van der Waals surface area contributed by atoms with Crippen LogP contribution in [0.5, 0.6) is 0 Å². The number of hydrogen-bond acceptors (Lipinski definition) is 4. The van der Waals surface area contributed by atoms with Crippen molar-refractivity contribution in [3.8, 4) is 0 Å². The normalized spacial score (nSPS) is 18.3. The summed E-state index contributed by atoms with van der Waals surface area (Å²) in [6.45, 7) is -0.383. The molecule has 0 bridgehead atoms. The van der Waals surface area contributed by atoms with Gasteiger partial charge in [-0.1, -0.05) is 30.3 Å². The Morgan fingerprint density at radius 1 is 1.16 bits per heavy atom. The van der Waals surface area contributed by atoms with Crippen LogP contribution in [0.4, 0.5) is 0 Å². The molecule has 19 heavy (non-hydrogen) atoms. The third kappa shape index (κ3) is 3.05. The summed E-state index contributed by atoms with van der Waals surface area (Å²) in [6, 6.07) is 8.81. The van der Waals surface area contributed by atoms with Gasteiger partial charge in [0.05, 0.1) is 11.8 Å². The van der Waals surface area contributed by atoms with Gasteiger partial charge >= 0.3 is 0 Å². The van der Waals surface area contributed by atoms with E-state index in [1.54, 1.807) is 30.3 Å². The van der Waals surface area contributed by atoms with Gasteiger partial charge in [0.1, 0.15) is 11.6 Å². The molecule has 0 heterocycles. The number of nitrogens with zero attached hydrogens (tertiary/aromatic N) is 1. The quantitative estimate of drug-likeness (QED) is 0.471. The van der Waals surface area contributed by atoms with Gasteiger partial charge in [0.2, 0.25) is 6.54 Å². The standard InChI is InChI=1S/C14H15NO4/c16-12-7-4-8-13(17)14(12)11(9-15(18)19)10-5-2-1-3-6-10/h1-3,5-6,11,14H,4,7-9H2. The molecular formula is C14H15NO4. The highest BCUT2D eigenvalue weighted by molar-refractivity contribution is 6.05. The molecule has 1 unspecified atom stereocenters. The number of rotatable bonds is 4. The van der Waals surface area contributed by atoms with E-state index in [9.17, 15) is 19.7 Å². The van der Waals surface area contributed by atoms with Crippen LogP contribution in [0.3, 0.4) is 0 Å². The van der Waals surface area contributed by atoms with E-state index in [2.05, 4.69) is 0 Å². The average molecular weight is 261 g/mol. The van der Waals surface area contributed by atoms with Crippen molar-refractivity contribution in [2.75, 3.05) is 6.54 Å². The van der Waals surface area contributed by atoms with Crippen LogP contribution in [0.15, 0.2) is 30.3 Å². The minimum absolute atomic E-state index is 0.160. The fourth-order valence-electron chi connectivity index (χ4n) is 2.64. The van der Waals surface area contributed by atoms with E-state index in [4.69, 9.17) is 0 Å². The lowest BCUT2D eigenvalue weighted by atomic mass is 9.75. The Labute approximate surface area is 110 Å². The first kappa shape index (κ1) is 13.4. The molecule has 0 radical (unpaired) electrons. The monoisotopic (exact) mass is 261 g/mol. The third-order valence-electron chi connectivity index (χ3n) is 3.52. The Balaban J connectivity index is 2.34. The maximum absolute atomic E-state index is 12.0.